The highest BCUT2D eigenvalue weighted by Crippen LogP contribution is 2.31. The van der Waals surface area contributed by atoms with Gasteiger partial charge in [0.2, 0.25) is 0 Å². The molecular weight excluding hydrogens is 359 g/mol. The number of aryl methyl sites for hydroxylation is 1. The van der Waals surface area contributed by atoms with Crippen LogP contribution >= 0.6 is 39.1 Å². The molecule has 0 fully saturated rings. The van der Waals surface area contributed by atoms with Crippen LogP contribution in [-0.4, -0.2) is 9.97 Å². The van der Waals surface area contributed by atoms with Crippen molar-refractivity contribution in [1.29, 1.82) is 0 Å². The van der Waals surface area contributed by atoms with E-state index in [0.29, 0.717) is 16.0 Å². The molecule has 0 radical (unpaired) electrons. The van der Waals surface area contributed by atoms with Crippen LogP contribution in [0.25, 0.3) is 22.3 Å². The number of halogens is 3. The predicted molar refractivity (Wildman–Crippen MR) is 87.4 cm³/mol. The maximum Gasteiger partial charge on any atom is 0.161 e. The number of aromatic nitrogens is 2. The molecule has 2 nitrogen and oxygen atoms in total. The second-order valence-electron chi connectivity index (χ2n) is 4.49. The van der Waals surface area contributed by atoms with Crippen molar-refractivity contribution < 1.29 is 0 Å². The lowest BCUT2D eigenvalue weighted by Gasteiger charge is -2.07. The number of nitrogens with zero attached hydrogens (tertiary/aromatic N) is 2. The van der Waals surface area contributed by atoms with Crippen molar-refractivity contribution in [1.82, 2.24) is 9.97 Å². The molecular formula is C15H9BrCl2N2. The topological polar surface area (TPSA) is 25.8 Å². The fraction of sp³-hybridized carbons (Fsp3) is 0.0667. The molecule has 0 saturated heterocycles. The van der Waals surface area contributed by atoms with Crippen molar-refractivity contribution in [3.63, 3.8) is 0 Å². The molecule has 100 valence electrons. The third kappa shape index (κ3) is 2.53. The van der Waals surface area contributed by atoms with Crippen LogP contribution in [0, 0.1) is 6.92 Å². The molecule has 1 aromatic heterocycles. The van der Waals surface area contributed by atoms with Crippen molar-refractivity contribution in [3.05, 3.63) is 56.6 Å². The lowest BCUT2D eigenvalue weighted by Crippen LogP contribution is -1.93. The van der Waals surface area contributed by atoms with E-state index in [1.807, 2.05) is 43.3 Å². The molecule has 0 atom stereocenters. The SMILES string of the molecule is Cc1cc(Br)c2nc(-c3ccc(Cl)cc3)nc(Cl)c2c1. The van der Waals surface area contributed by atoms with Gasteiger partial charge in [-0.25, -0.2) is 9.97 Å². The fourth-order valence-corrected chi connectivity index (χ4v) is 3.03. The zero-order valence-corrected chi connectivity index (χ0v) is 13.6. The Hall–Kier alpha value is -1.16. The molecule has 0 bridgehead atoms. The van der Waals surface area contributed by atoms with Crippen LogP contribution in [0.2, 0.25) is 10.2 Å². The van der Waals surface area contributed by atoms with Gasteiger partial charge >= 0.3 is 0 Å². The number of benzene rings is 2. The van der Waals surface area contributed by atoms with Crippen molar-refractivity contribution in [3.8, 4) is 11.4 Å². The Kier molecular flexibility index (Phi) is 3.67. The van der Waals surface area contributed by atoms with E-state index in [4.69, 9.17) is 23.2 Å². The number of hydrogen-bond donors (Lipinski definition) is 0. The van der Waals surface area contributed by atoms with E-state index in [0.717, 1.165) is 26.5 Å². The van der Waals surface area contributed by atoms with Gasteiger partial charge in [-0.15, -0.1) is 0 Å². The highest BCUT2D eigenvalue weighted by molar-refractivity contribution is 9.10. The van der Waals surface area contributed by atoms with E-state index in [9.17, 15) is 0 Å². The van der Waals surface area contributed by atoms with E-state index < -0.39 is 0 Å². The van der Waals surface area contributed by atoms with Gasteiger partial charge in [-0.1, -0.05) is 23.2 Å². The average molecular weight is 368 g/mol. The monoisotopic (exact) mass is 366 g/mol. The first-order chi connectivity index (χ1) is 9.54. The summed E-state index contributed by atoms with van der Waals surface area (Å²) in [7, 11) is 0. The first-order valence-electron chi connectivity index (χ1n) is 5.94. The lowest BCUT2D eigenvalue weighted by molar-refractivity contribution is 1.22. The summed E-state index contributed by atoms with van der Waals surface area (Å²) in [6.45, 7) is 2.01. The smallest absolute Gasteiger partial charge is 0.161 e. The van der Waals surface area contributed by atoms with Crippen LogP contribution in [-0.2, 0) is 0 Å². The first-order valence-corrected chi connectivity index (χ1v) is 7.49. The standard InChI is InChI=1S/C15H9BrCl2N2/c1-8-6-11-13(12(16)7-8)19-15(20-14(11)18)9-2-4-10(17)5-3-9/h2-7H,1H3. The molecule has 3 rings (SSSR count). The Morgan fingerprint density at radius 3 is 2.40 bits per heavy atom. The summed E-state index contributed by atoms with van der Waals surface area (Å²) < 4.78 is 0.909. The fourth-order valence-electron chi connectivity index (χ4n) is 2.02. The van der Waals surface area contributed by atoms with Crippen LogP contribution in [0.15, 0.2) is 40.9 Å². The highest BCUT2D eigenvalue weighted by atomic mass is 79.9. The Labute approximate surface area is 134 Å². The van der Waals surface area contributed by atoms with Gasteiger partial charge in [0, 0.05) is 20.4 Å². The molecule has 0 amide bonds. The van der Waals surface area contributed by atoms with E-state index in [1.54, 1.807) is 0 Å². The van der Waals surface area contributed by atoms with Gasteiger partial charge < -0.3 is 0 Å². The predicted octanol–water partition coefficient (Wildman–Crippen LogP) is 5.67. The molecule has 2 aromatic carbocycles. The molecule has 0 aliphatic carbocycles. The molecule has 1 heterocycles. The summed E-state index contributed by atoms with van der Waals surface area (Å²) in [5.74, 6) is 0.587. The third-order valence-electron chi connectivity index (χ3n) is 2.95. The Bertz CT molecular complexity index is 801. The molecule has 0 N–H and O–H groups in total. The average Bonchev–Trinajstić information content (AvgIpc) is 2.40. The summed E-state index contributed by atoms with van der Waals surface area (Å²) in [5.41, 5.74) is 2.79. The van der Waals surface area contributed by atoms with E-state index >= 15 is 0 Å². The minimum atomic E-state index is 0.448. The van der Waals surface area contributed by atoms with Gasteiger partial charge in [0.15, 0.2) is 5.82 Å². The van der Waals surface area contributed by atoms with E-state index in [2.05, 4.69) is 25.9 Å². The van der Waals surface area contributed by atoms with Crippen LogP contribution in [0.3, 0.4) is 0 Å². The van der Waals surface area contributed by atoms with E-state index in [1.165, 1.54) is 0 Å². The van der Waals surface area contributed by atoms with Crippen LogP contribution in [0.4, 0.5) is 0 Å². The van der Waals surface area contributed by atoms with Crippen molar-refractivity contribution in [2.75, 3.05) is 0 Å². The van der Waals surface area contributed by atoms with Crippen molar-refractivity contribution >= 4 is 50.0 Å². The van der Waals surface area contributed by atoms with Crippen LogP contribution < -0.4 is 0 Å². The molecule has 0 unspecified atom stereocenters. The zero-order chi connectivity index (χ0) is 14.3. The van der Waals surface area contributed by atoms with Gasteiger partial charge in [0.1, 0.15) is 5.15 Å². The van der Waals surface area contributed by atoms with Crippen molar-refractivity contribution in [2.24, 2.45) is 0 Å². The minimum absolute atomic E-state index is 0.448. The second-order valence-corrected chi connectivity index (χ2v) is 6.14. The number of hydrogen-bond acceptors (Lipinski definition) is 2. The molecule has 0 aliphatic heterocycles. The molecule has 0 spiro atoms. The third-order valence-corrected chi connectivity index (χ3v) is 4.10. The van der Waals surface area contributed by atoms with Crippen LogP contribution in [0.1, 0.15) is 5.56 Å². The number of rotatable bonds is 1. The van der Waals surface area contributed by atoms with Gasteiger partial charge in [-0.2, -0.15) is 0 Å². The molecule has 0 saturated carbocycles. The van der Waals surface area contributed by atoms with Crippen molar-refractivity contribution in [2.45, 2.75) is 6.92 Å². The second kappa shape index (κ2) is 5.32. The molecule has 20 heavy (non-hydrogen) atoms. The van der Waals surface area contributed by atoms with E-state index in [-0.39, 0.29) is 0 Å². The summed E-state index contributed by atoms with van der Waals surface area (Å²) in [5, 5.41) is 1.97. The van der Waals surface area contributed by atoms with Crippen LogP contribution in [0.5, 0.6) is 0 Å². The Balaban J connectivity index is 2.26. The van der Waals surface area contributed by atoms with Gasteiger partial charge in [0.25, 0.3) is 0 Å². The molecule has 3 aromatic rings. The molecule has 0 aliphatic rings. The van der Waals surface area contributed by atoms with Gasteiger partial charge in [0.05, 0.1) is 5.52 Å². The zero-order valence-electron chi connectivity index (χ0n) is 10.5. The summed E-state index contributed by atoms with van der Waals surface area (Å²) in [4.78, 5) is 8.96. The summed E-state index contributed by atoms with van der Waals surface area (Å²) in [6, 6.07) is 11.4. The van der Waals surface area contributed by atoms with Gasteiger partial charge in [-0.05, 0) is 64.8 Å². The Morgan fingerprint density at radius 2 is 1.70 bits per heavy atom. The lowest BCUT2D eigenvalue weighted by atomic mass is 10.1. The maximum absolute atomic E-state index is 6.29. The number of fused-ring (bicyclic) bond motifs is 1. The highest BCUT2D eigenvalue weighted by Gasteiger charge is 2.11. The minimum Gasteiger partial charge on any atom is -0.227 e. The summed E-state index contributed by atoms with van der Waals surface area (Å²) in [6.07, 6.45) is 0. The van der Waals surface area contributed by atoms with Gasteiger partial charge in [-0.3, -0.25) is 0 Å². The maximum atomic E-state index is 6.29. The molecule has 5 heteroatoms. The normalized spacial score (nSPS) is 11.0. The Morgan fingerprint density at radius 1 is 1.00 bits per heavy atom. The quantitative estimate of drug-likeness (QED) is 0.517. The summed E-state index contributed by atoms with van der Waals surface area (Å²) >= 11 is 15.7. The largest absolute Gasteiger partial charge is 0.227 e. The first kappa shape index (κ1) is 13.8.